The van der Waals surface area contributed by atoms with Crippen LogP contribution in [0.2, 0.25) is 0 Å². The van der Waals surface area contributed by atoms with E-state index in [-0.39, 0.29) is 24.0 Å². The van der Waals surface area contributed by atoms with Crippen LogP contribution in [0.3, 0.4) is 0 Å². The van der Waals surface area contributed by atoms with Crippen molar-refractivity contribution < 1.29 is 29.3 Å². The Morgan fingerprint density at radius 2 is 1.32 bits per heavy atom. The highest BCUT2D eigenvalue weighted by atomic mass is 16.8. The summed E-state index contributed by atoms with van der Waals surface area (Å²) in [6.45, 7) is 1.51. The van der Waals surface area contributed by atoms with E-state index in [0.717, 1.165) is 0 Å². The van der Waals surface area contributed by atoms with Gasteiger partial charge in [0.25, 0.3) is 0 Å². The van der Waals surface area contributed by atoms with Crippen molar-refractivity contribution in [3.8, 4) is 0 Å². The van der Waals surface area contributed by atoms with Gasteiger partial charge in [0.05, 0.1) is 23.7 Å². The fourth-order valence-electron chi connectivity index (χ4n) is 2.07. The number of carbonyl (C=O) groups is 2. The van der Waals surface area contributed by atoms with Gasteiger partial charge in [-0.2, -0.15) is 0 Å². The number of aliphatic hydroxyl groups is 2. The first-order chi connectivity index (χ1) is 11.9. The maximum absolute atomic E-state index is 12.2. The first-order valence-corrected chi connectivity index (χ1v) is 7.87. The Bertz CT molecular complexity index is 643. The van der Waals surface area contributed by atoms with Crippen molar-refractivity contribution in [1.29, 1.82) is 0 Å². The normalized spacial score (nSPS) is 12.3. The van der Waals surface area contributed by atoms with Crippen LogP contribution in [0.1, 0.15) is 40.5 Å². The third-order valence-corrected chi connectivity index (χ3v) is 3.40. The minimum absolute atomic E-state index is 0.0701. The lowest BCUT2D eigenvalue weighted by atomic mass is 10.2. The summed E-state index contributed by atoms with van der Waals surface area (Å²) in [7, 11) is 0. The zero-order valence-electron chi connectivity index (χ0n) is 13.8. The van der Waals surface area contributed by atoms with Crippen LogP contribution >= 0.6 is 0 Å². The third kappa shape index (κ3) is 5.70. The van der Waals surface area contributed by atoms with Crippen LogP contribution < -0.4 is 0 Å². The van der Waals surface area contributed by atoms with E-state index in [1.54, 1.807) is 36.4 Å². The monoisotopic (exact) mass is 344 g/mol. The molecule has 25 heavy (non-hydrogen) atoms. The van der Waals surface area contributed by atoms with Crippen LogP contribution in [0, 0.1) is 0 Å². The van der Waals surface area contributed by atoms with E-state index in [1.807, 2.05) is 0 Å². The van der Waals surface area contributed by atoms with E-state index >= 15 is 0 Å². The molecule has 0 heterocycles. The molecule has 0 aliphatic heterocycles. The molecular formula is C19H20O6. The lowest BCUT2D eigenvalue weighted by molar-refractivity contribution is -0.308. The second-order valence-corrected chi connectivity index (χ2v) is 5.61. The Morgan fingerprint density at radius 3 is 1.68 bits per heavy atom. The van der Waals surface area contributed by atoms with Gasteiger partial charge in [-0.3, -0.25) is 0 Å². The summed E-state index contributed by atoms with van der Waals surface area (Å²) < 4.78 is 10.1. The summed E-state index contributed by atoms with van der Waals surface area (Å²) in [5.41, 5.74) is 0.405. The molecule has 0 radical (unpaired) electrons. The second-order valence-electron chi connectivity index (χ2n) is 5.61. The lowest BCUT2D eigenvalue weighted by Crippen LogP contribution is -2.40. The van der Waals surface area contributed by atoms with Crippen LogP contribution in [0.5, 0.6) is 0 Å². The number of esters is 2. The Morgan fingerprint density at radius 1 is 0.920 bits per heavy atom. The third-order valence-electron chi connectivity index (χ3n) is 3.40. The first kappa shape index (κ1) is 18.6. The highest BCUT2D eigenvalue weighted by Gasteiger charge is 2.37. The SMILES string of the molecule is CC(O)CCC(O)(OC(=O)c1ccccc1)OC(=O)c1ccccc1. The molecule has 2 aromatic rings. The molecule has 0 amide bonds. The van der Waals surface area contributed by atoms with E-state index < -0.39 is 24.0 Å². The molecule has 6 heteroatoms. The summed E-state index contributed by atoms with van der Waals surface area (Å²) >= 11 is 0. The van der Waals surface area contributed by atoms with E-state index in [0.29, 0.717) is 0 Å². The molecule has 132 valence electrons. The summed E-state index contributed by atoms with van der Waals surface area (Å²) in [5, 5.41) is 20.0. The quantitative estimate of drug-likeness (QED) is 0.592. The Kier molecular flexibility index (Phi) is 6.27. The van der Waals surface area contributed by atoms with Gasteiger partial charge < -0.3 is 19.7 Å². The van der Waals surface area contributed by atoms with Crippen molar-refractivity contribution in [2.75, 3.05) is 0 Å². The van der Waals surface area contributed by atoms with Crippen LogP contribution in [0.25, 0.3) is 0 Å². The molecule has 0 aliphatic rings. The van der Waals surface area contributed by atoms with Gasteiger partial charge in [-0.15, -0.1) is 0 Å². The van der Waals surface area contributed by atoms with Crippen molar-refractivity contribution in [3.05, 3.63) is 71.8 Å². The number of hydrogen-bond acceptors (Lipinski definition) is 6. The molecular weight excluding hydrogens is 324 g/mol. The number of hydrogen-bond donors (Lipinski definition) is 2. The van der Waals surface area contributed by atoms with Crippen molar-refractivity contribution >= 4 is 11.9 Å². The number of ether oxygens (including phenoxy) is 2. The largest absolute Gasteiger partial charge is 0.394 e. The number of carbonyl (C=O) groups excluding carboxylic acids is 2. The van der Waals surface area contributed by atoms with Crippen LogP contribution in [-0.2, 0) is 9.47 Å². The molecule has 0 spiro atoms. The first-order valence-electron chi connectivity index (χ1n) is 7.87. The Hall–Kier alpha value is -2.70. The van der Waals surface area contributed by atoms with Crippen LogP contribution in [-0.4, -0.2) is 34.2 Å². The van der Waals surface area contributed by atoms with Gasteiger partial charge in [0.1, 0.15) is 0 Å². The van der Waals surface area contributed by atoms with Gasteiger partial charge in [-0.05, 0) is 37.6 Å². The summed E-state index contributed by atoms with van der Waals surface area (Å²) in [4.78, 5) is 24.4. The minimum Gasteiger partial charge on any atom is -0.394 e. The molecule has 1 atom stereocenters. The fourth-order valence-corrected chi connectivity index (χ4v) is 2.07. The smallest absolute Gasteiger partial charge is 0.373 e. The molecule has 1 unspecified atom stereocenters. The standard InChI is InChI=1S/C19H20O6/c1-14(20)12-13-19(23,24-17(21)15-8-4-2-5-9-15)25-18(22)16-10-6-3-7-11-16/h2-11,14,20,23H,12-13H2,1H3. The number of aliphatic hydroxyl groups excluding tert-OH is 1. The molecule has 0 aliphatic carbocycles. The van der Waals surface area contributed by atoms with Gasteiger partial charge in [-0.1, -0.05) is 36.4 Å². The Balaban J connectivity index is 2.15. The van der Waals surface area contributed by atoms with Crippen LogP contribution in [0.15, 0.2) is 60.7 Å². The van der Waals surface area contributed by atoms with E-state index in [2.05, 4.69) is 0 Å². The van der Waals surface area contributed by atoms with Crippen molar-refractivity contribution in [2.45, 2.75) is 31.8 Å². The maximum Gasteiger partial charge on any atom is 0.373 e. The highest BCUT2D eigenvalue weighted by Crippen LogP contribution is 2.22. The van der Waals surface area contributed by atoms with Gasteiger partial charge in [0.15, 0.2) is 0 Å². The molecule has 0 fully saturated rings. The van der Waals surface area contributed by atoms with Crippen molar-refractivity contribution in [3.63, 3.8) is 0 Å². The van der Waals surface area contributed by atoms with Crippen molar-refractivity contribution in [2.24, 2.45) is 0 Å². The predicted molar refractivity (Wildman–Crippen MR) is 89.6 cm³/mol. The molecule has 2 N–H and O–H groups in total. The second kappa shape index (κ2) is 8.41. The van der Waals surface area contributed by atoms with Gasteiger partial charge in [0.2, 0.25) is 0 Å². The molecule has 0 saturated heterocycles. The highest BCUT2D eigenvalue weighted by molar-refractivity contribution is 5.91. The zero-order valence-corrected chi connectivity index (χ0v) is 13.8. The lowest BCUT2D eigenvalue weighted by Gasteiger charge is -2.27. The van der Waals surface area contributed by atoms with Crippen LogP contribution in [0.4, 0.5) is 0 Å². The molecule has 0 bridgehead atoms. The molecule has 6 nitrogen and oxygen atoms in total. The van der Waals surface area contributed by atoms with Gasteiger partial charge in [-0.25, -0.2) is 9.59 Å². The molecule has 0 saturated carbocycles. The molecule has 2 aromatic carbocycles. The molecule has 0 aromatic heterocycles. The Labute approximate surface area is 145 Å². The average Bonchev–Trinajstić information content (AvgIpc) is 2.61. The van der Waals surface area contributed by atoms with Crippen molar-refractivity contribution in [1.82, 2.24) is 0 Å². The average molecular weight is 344 g/mol. The summed E-state index contributed by atoms with van der Waals surface area (Å²) in [6.07, 6.45) is -0.958. The zero-order chi connectivity index (χ0) is 18.3. The van der Waals surface area contributed by atoms with E-state index in [9.17, 15) is 19.8 Å². The number of rotatable bonds is 7. The predicted octanol–water partition coefficient (Wildman–Crippen LogP) is 2.51. The maximum atomic E-state index is 12.2. The topological polar surface area (TPSA) is 93.1 Å². The number of benzene rings is 2. The van der Waals surface area contributed by atoms with Gasteiger partial charge in [0, 0.05) is 0 Å². The molecule has 2 rings (SSSR count). The summed E-state index contributed by atoms with van der Waals surface area (Å²) in [6, 6.07) is 16.1. The minimum atomic E-state index is -2.48. The fraction of sp³-hybridized carbons (Fsp3) is 0.263. The van der Waals surface area contributed by atoms with Gasteiger partial charge >= 0.3 is 17.9 Å². The van der Waals surface area contributed by atoms with E-state index in [1.165, 1.54) is 31.2 Å². The van der Waals surface area contributed by atoms with E-state index in [4.69, 9.17) is 9.47 Å². The summed E-state index contributed by atoms with van der Waals surface area (Å²) in [5.74, 6) is -4.15.